The molecular formula is C19H13Cl2N3O2. The molecule has 0 fully saturated rings. The smallest absolute Gasteiger partial charge is 0.316 e. The fourth-order valence-corrected chi connectivity index (χ4v) is 2.70. The van der Waals surface area contributed by atoms with Gasteiger partial charge in [0.05, 0.1) is 21.9 Å². The molecule has 2 amide bonds. The highest BCUT2D eigenvalue weighted by Crippen LogP contribution is 2.29. The molecule has 26 heavy (non-hydrogen) atoms. The van der Waals surface area contributed by atoms with Crippen LogP contribution in [0, 0.1) is 0 Å². The van der Waals surface area contributed by atoms with Crippen LogP contribution in [0.25, 0.3) is 10.8 Å². The van der Waals surface area contributed by atoms with Gasteiger partial charge in [-0.15, -0.1) is 0 Å². The molecule has 3 aromatic carbocycles. The van der Waals surface area contributed by atoms with Crippen molar-refractivity contribution < 1.29 is 9.59 Å². The van der Waals surface area contributed by atoms with Crippen LogP contribution in [0.3, 0.4) is 0 Å². The molecule has 3 aromatic rings. The summed E-state index contributed by atoms with van der Waals surface area (Å²) >= 11 is 11.8. The van der Waals surface area contributed by atoms with Gasteiger partial charge in [-0.05, 0) is 22.9 Å². The maximum absolute atomic E-state index is 11.9. The molecule has 5 nitrogen and oxygen atoms in total. The summed E-state index contributed by atoms with van der Waals surface area (Å²) in [6, 6.07) is 18.3. The number of halogens is 2. The number of hydrogen-bond acceptors (Lipinski definition) is 3. The van der Waals surface area contributed by atoms with Crippen molar-refractivity contribution in [1.82, 2.24) is 5.43 Å². The van der Waals surface area contributed by atoms with Gasteiger partial charge in [0, 0.05) is 5.56 Å². The summed E-state index contributed by atoms with van der Waals surface area (Å²) in [7, 11) is 0. The Bertz CT molecular complexity index is 1010. The minimum atomic E-state index is -0.919. The average Bonchev–Trinajstić information content (AvgIpc) is 2.65. The van der Waals surface area contributed by atoms with Gasteiger partial charge in [0.2, 0.25) is 0 Å². The fraction of sp³-hybridized carbons (Fsp3) is 0. The normalized spacial score (nSPS) is 10.8. The van der Waals surface area contributed by atoms with Crippen molar-refractivity contribution in [3.05, 3.63) is 76.3 Å². The van der Waals surface area contributed by atoms with Gasteiger partial charge in [-0.25, -0.2) is 5.43 Å². The van der Waals surface area contributed by atoms with Crippen molar-refractivity contribution >= 4 is 57.7 Å². The molecule has 0 heterocycles. The van der Waals surface area contributed by atoms with Crippen molar-refractivity contribution in [2.75, 3.05) is 5.32 Å². The van der Waals surface area contributed by atoms with Crippen molar-refractivity contribution in [3.8, 4) is 0 Å². The van der Waals surface area contributed by atoms with Gasteiger partial charge in [-0.3, -0.25) is 9.59 Å². The third-order valence-electron chi connectivity index (χ3n) is 3.60. The maximum Gasteiger partial charge on any atom is 0.329 e. The van der Waals surface area contributed by atoms with Crippen LogP contribution < -0.4 is 10.7 Å². The molecule has 0 spiro atoms. The fourth-order valence-electron chi connectivity index (χ4n) is 2.35. The molecule has 0 atom stereocenters. The first-order chi connectivity index (χ1) is 12.6. The molecule has 0 saturated carbocycles. The Morgan fingerprint density at radius 2 is 1.62 bits per heavy atom. The Kier molecular flexibility index (Phi) is 5.51. The van der Waals surface area contributed by atoms with E-state index in [2.05, 4.69) is 15.8 Å². The minimum absolute atomic E-state index is 0.162. The van der Waals surface area contributed by atoms with Crippen LogP contribution in [0.1, 0.15) is 5.56 Å². The van der Waals surface area contributed by atoms with E-state index in [1.165, 1.54) is 6.21 Å². The summed E-state index contributed by atoms with van der Waals surface area (Å²) in [5, 5.41) is 8.72. The first kappa shape index (κ1) is 17.9. The van der Waals surface area contributed by atoms with E-state index in [1.807, 2.05) is 42.5 Å². The quantitative estimate of drug-likeness (QED) is 0.402. The van der Waals surface area contributed by atoms with Crippen LogP contribution in [0.2, 0.25) is 10.0 Å². The number of rotatable bonds is 3. The molecular weight excluding hydrogens is 373 g/mol. The molecule has 0 unspecified atom stereocenters. The zero-order valence-corrected chi connectivity index (χ0v) is 14.9. The summed E-state index contributed by atoms with van der Waals surface area (Å²) in [4.78, 5) is 23.8. The molecule has 130 valence electrons. The molecule has 0 radical (unpaired) electrons. The van der Waals surface area contributed by atoms with Gasteiger partial charge in [0.25, 0.3) is 0 Å². The van der Waals surface area contributed by atoms with Crippen molar-refractivity contribution in [1.29, 1.82) is 0 Å². The topological polar surface area (TPSA) is 70.6 Å². The van der Waals surface area contributed by atoms with Crippen molar-refractivity contribution in [2.24, 2.45) is 5.10 Å². The third-order valence-corrected chi connectivity index (χ3v) is 4.42. The molecule has 0 saturated heterocycles. The highest BCUT2D eigenvalue weighted by atomic mass is 35.5. The number of hydrogen-bond donors (Lipinski definition) is 2. The van der Waals surface area contributed by atoms with E-state index in [1.54, 1.807) is 18.2 Å². The zero-order valence-electron chi connectivity index (χ0n) is 13.4. The van der Waals surface area contributed by atoms with E-state index in [0.29, 0.717) is 0 Å². The van der Waals surface area contributed by atoms with E-state index in [4.69, 9.17) is 23.2 Å². The Morgan fingerprint density at radius 3 is 2.46 bits per heavy atom. The first-order valence-electron chi connectivity index (χ1n) is 7.62. The predicted octanol–water partition coefficient (Wildman–Crippen LogP) is 4.24. The highest BCUT2D eigenvalue weighted by Gasteiger charge is 2.15. The number of fused-ring (bicyclic) bond motifs is 1. The second-order valence-corrected chi connectivity index (χ2v) is 6.11. The lowest BCUT2D eigenvalue weighted by molar-refractivity contribution is -0.136. The van der Waals surface area contributed by atoms with Gasteiger partial charge in [-0.2, -0.15) is 5.10 Å². The van der Waals surface area contributed by atoms with Crippen LogP contribution in [-0.4, -0.2) is 18.0 Å². The van der Waals surface area contributed by atoms with E-state index < -0.39 is 11.8 Å². The van der Waals surface area contributed by atoms with Gasteiger partial charge >= 0.3 is 11.8 Å². The summed E-state index contributed by atoms with van der Waals surface area (Å²) in [5.41, 5.74) is 3.26. The Hall–Kier alpha value is -2.89. The molecule has 0 aromatic heterocycles. The largest absolute Gasteiger partial charge is 0.329 e. The first-order valence-corrected chi connectivity index (χ1v) is 8.38. The van der Waals surface area contributed by atoms with Crippen LogP contribution in [0.4, 0.5) is 5.69 Å². The van der Waals surface area contributed by atoms with E-state index >= 15 is 0 Å². The number of nitrogens with one attached hydrogen (secondary N) is 2. The monoisotopic (exact) mass is 385 g/mol. The van der Waals surface area contributed by atoms with E-state index in [-0.39, 0.29) is 15.7 Å². The molecule has 0 aliphatic rings. The molecule has 0 aliphatic heterocycles. The minimum Gasteiger partial charge on any atom is -0.316 e. The Morgan fingerprint density at radius 1 is 0.885 bits per heavy atom. The van der Waals surface area contributed by atoms with E-state index in [9.17, 15) is 9.59 Å². The average molecular weight is 386 g/mol. The van der Waals surface area contributed by atoms with Crippen LogP contribution in [0.15, 0.2) is 65.8 Å². The van der Waals surface area contributed by atoms with Gasteiger partial charge in [0.1, 0.15) is 0 Å². The molecule has 7 heteroatoms. The molecule has 2 N–H and O–H groups in total. The van der Waals surface area contributed by atoms with Crippen LogP contribution in [0.5, 0.6) is 0 Å². The van der Waals surface area contributed by atoms with Crippen molar-refractivity contribution in [2.45, 2.75) is 0 Å². The number of carbonyl (C=O) groups is 2. The number of hydrazone groups is 1. The number of amides is 2. The van der Waals surface area contributed by atoms with Crippen molar-refractivity contribution in [3.63, 3.8) is 0 Å². The lowest BCUT2D eigenvalue weighted by atomic mass is 10.1. The van der Waals surface area contributed by atoms with Crippen LogP contribution >= 0.6 is 23.2 Å². The Balaban J connectivity index is 1.67. The van der Waals surface area contributed by atoms with Gasteiger partial charge in [-0.1, -0.05) is 71.7 Å². The molecule has 0 aliphatic carbocycles. The lowest BCUT2D eigenvalue weighted by Gasteiger charge is -2.07. The summed E-state index contributed by atoms with van der Waals surface area (Å²) < 4.78 is 0. The highest BCUT2D eigenvalue weighted by molar-refractivity contribution is 6.45. The number of nitrogens with zero attached hydrogens (tertiary/aromatic N) is 1. The Labute approximate surface area is 159 Å². The SMILES string of the molecule is O=C(N/N=C/c1cccc2ccccc12)C(=O)Nc1cccc(Cl)c1Cl. The van der Waals surface area contributed by atoms with Gasteiger partial charge in [0.15, 0.2) is 0 Å². The second kappa shape index (κ2) is 7.99. The molecule has 3 rings (SSSR count). The summed E-state index contributed by atoms with van der Waals surface area (Å²) in [5.74, 6) is -1.82. The standard InChI is InChI=1S/C19H13Cl2N3O2/c20-15-9-4-10-16(17(15)21)23-18(25)19(26)24-22-11-13-7-3-6-12-5-1-2-8-14(12)13/h1-11H,(H,23,25)(H,24,26)/b22-11+. The predicted molar refractivity (Wildman–Crippen MR) is 105 cm³/mol. The third kappa shape index (κ3) is 4.02. The van der Waals surface area contributed by atoms with Gasteiger partial charge < -0.3 is 5.32 Å². The summed E-state index contributed by atoms with van der Waals surface area (Å²) in [6.45, 7) is 0. The molecule has 0 bridgehead atoms. The lowest BCUT2D eigenvalue weighted by Crippen LogP contribution is -2.32. The number of carbonyl (C=O) groups excluding carboxylic acids is 2. The second-order valence-electron chi connectivity index (χ2n) is 5.32. The summed E-state index contributed by atoms with van der Waals surface area (Å²) in [6.07, 6.45) is 1.49. The maximum atomic E-state index is 11.9. The number of anilines is 1. The number of benzene rings is 3. The zero-order chi connectivity index (χ0) is 18.5. The van der Waals surface area contributed by atoms with Crippen LogP contribution in [-0.2, 0) is 9.59 Å². The van der Waals surface area contributed by atoms with E-state index in [0.717, 1.165) is 16.3 Å².